The van der Waals surface area contributed by atoms with Crippen LogP contribution in [0.4, 0.5) is 5.69 Å². The molecule has 1 atom stereocenters. The van der Waals surface area contributed by atoms with E-state index in [1.54, 1.807) is 36.5 Å². The Morgan fingerprint density at radius 2 is 1.81 bits per heavy atom. The van der Waals surface area contributed by atoms with Gasteiger partial charge in [0, 0.05) is 52.6 Å². The molecule has 1 heterocycles. The van der Waals surface area contributed by atoms with Crippen molar-refractivity contribution in [2.45, 2.75) is 19.0 Å². The molecule has 1 aliphatic heterocycles. The van der Waals surface area contributed by atoms with Crippen LogP contribution in [-0.4, -0.2) is 39.2 Å². The van der Waals surface area contributed by atoms with E-state index in [9.17, 15) is 9.59 Å². The molecule has 2 aromatic carbocycles. The van der Waals surface area contributed by atoms with Gasteiger partial charge in [0.05, 0.1) is 21.3 Å². The molecule has 1 aliphatic rings. The van der Waals surface area contributed by atoms with Crippen molar-refractivity contribution >= 4 is 40.7 Å². The zero-order valence-corrected chi connectivity index (χ0v) is 19.3. The number of carbonyl (C=O) groups excluding carboxylic acids is 2. The van der Waals surface area contributed by atoms with E-state index in [0.29, 0.717) is 38.6 Å². The van der Waals surface area contributed by atoms with Gasteiger partial charge in [-0.1, -0.05) is 29.3 Å². The van der Waals surface area contributed by atoms with Crippen molar-refractivity contribution in [3.63, 3.8) is 0 Å². The number of rotatable bonds is 8. The molecule has 8 nitrogen and oxygen atoms in total. The van der Waals surface area contributed by atoms with Gasteiger partial charge in [0.25, 0.3) is 0 Å². The quantitative estimate of drug-likeness (QED) is 0.501. The van der Waals surface area contributed by atoms with Crippen molar-refractivity contribution in [3.05, 3.63) is 57.7 Å². The summed E-state index contributed by atoms with van der Waals surface area (Å²) in [5.41, 5.74) is 1.79. The number of benzene rings is 2. The van der Waals surface area contributed by atoms with Crippen LogP contribution in [0, 0.1) is 0 Å². The molecule has 1 saturated heterocycles. The molecule has 0 spiro atoms. The summed E-state index contributed by atoms with van der Waals surface area (Å²) in [5.74, 6) is 0.781. The van der Waals surface area contributed by atoms with Crippen molar-refractivity contribution in [3.8, 4) is 17.2 Å². The molecule has 2 aromatic rings. The number of hydrogen-bond donors (Lipinski definition) is 3. The summed E-state index contributed by atoms with van der Waals surface area (Å²) in [6.07, 6.45) is 1.79. The maximum atomic E-state index is 12.5. The van der Waals surface area contributed by atoms with Gasteiger partial charge in [-0.15, -0.1) is 0 Å². The third-order valence-corrected chi connectivity index (χ3v) is 5.47. The zero-order chi connectivity index (χ0) is 23.3. The van der Waals surface area contributed by atoms with E-state index in [4.69, 9.17) is 37.4 Å². The highest BCUT2D eigenvalue weighted by Gasteiger charge is 2.31. The minimum atomic E-state index is -0.679. The number of nitrogens with one attached hydrogen (secondary N) is 3. The molecule has 0 radical (unpaired) electrons. The van der Waals surface area contributed by atoms with Crippen LogP contribution in [0.15, 0.2) is 42.1 Å². The third-order valence-electron chi connectivity index (χ3n) is 4.88. The first-order chi connectivity index (χ1) is 15.4. The Bertz CT molecular complexity index is 1030. The summed E-state index contributed by atoms with van der Waals surface area (Å²) in [6.45, 7) is 0.226. The predicted molar refractivity (Wildman–Crippen MR) is 123 cm³/mol. The van der Waals surface area contributed by atoms with Crippen molar-refractivity contribution in [1.82, 2.24) is 10.6 Å². The van der Waals surface area contributed by atoms with Gasteiger partial charge < -0.3 is 30.2 Å². The molecule has 0 aliphatic carbocycles. The Morgan fingerprint density at radius 1 is 1.12 bits per heavy atom. The van der Waals surface area contributed by atoms with Crippen LogP contribution in [0.25, 0.3) is 0 Å². The Balaban J connectivity index is 1.64. The van der Waals surface area contributed by atoms with Gasteiger partial charge in [0.2, 0.25) is 17.6 Å². The lowest BCUT2D eigenvalue weighted by atomic mass is 10.1. The van der Waals surface area contributed by atoms with E-state index >= 15 is 0 Å². The standard InChI is InChI=1S/C22H23Cl2N3O5/c1-30-18-8-15(9-19(31-2)20(18)32-3)25-11-13-6-17(27-21(13)28)22(29)26-10-12-4-5-14(23)7-16(12)24/h4-5,7-9,11,17,25H,6,10H2,1-3H3,(H,26,29)(H,27,28)/b13-11-. The van der Waals surface area contributed by atoms with Gasteiger partial charge in [0.1, 0.15) is 6.04 Å². The molecule has 170 valence electrons. The van der Waals surface area contributed by atoms with Crippen molar-refractivity contribution in [1.29, 1.82) is 0 Å². The first kappa shape index (κ1) is 23.6. The number of methoxy groups -OCH3 is 3. The largest absolute Gasteiger partial charge is 0.493 e. The minimum absolute atomic E-state index is 0.226. The van der Waals surface area contributed by atoms with Gasteiger partial charge in [-0.05, 0) is 17.7 Å². The van der Waals surface area contributed by atoms with Crippen LogP contribution in [0.1, 0.15) is 12.0 Å². The van der Waals surface area contributed by atoms with E-state index in [1.807, 2.05) is 0 Å². The van der Waals surface area contributed by atoms with E-state index in [2.05, 4.69) is 16.0 Å². The summed E-state index contributed by atoms with van der Waals surface area (Å²) in [4.78, 5) is 24.8. The molecule has 1 fully saturated rings. The summed E-state index contributed by atoms with van der Waals surface area (Å²) >= 11 is 12.0. The Morgan fingerprint density at radius 3 is 2.41 bits per heavy atom. The van der Waals surface area contributed by atoms with E-state index in [1.165, 1.54) is 21.3 Å². The Labute approximate surface area is 195 Å². The molecule has 2 amide bonds. The maximum Gasteiger partial charge on any atom is 0.249 e. The smallest absolute Gasteiger partial charge is 0.249 e. The molecule has 0 aromatic heterocycles. The number of carbonyl (C=O) groups is 2. The second kappa shape index (κ2) is 10.5. The normalized spacial score (nSPS) is 16.5. The van der Waals surface area contributed by atoms with E-state index < -0.39 is 6.04 Å². The first-order valence-corrected chi connectivity index (χ1v) is 10.4. The van der Waals surface area contributed by atoms with Gasteiger partial charge in [-0.25, -0.2) is 0 Å². The molecule has 1 unspecified atom stereocenters. The number of amides is 2. The van der Waals surface area contributed by atoms with Crippen LogP contribution in [0.5, 0.6) is 17.2 Å². The lowest BCUT2D eigenvalue weighted by Gasteiger charge is -2.14. The molecular formula is C22H23Cl2N3O5. The average Bonchev–Trinajstić information content (AvgIpc) is 3.16. The van der Waals surface area contributed by atoms with E-state index in [-0.39, 0.29) is 24.8 Å². The van der Waals surface area contributed by atoms with Crippen molar-refractivity contribution < 1.29 is 23.8 Å². The molecule has 0 saturated carbocycles. The fraction of sp³-hybridized carbons (Fsp3) is 0.273. The van der Waals surface area contributed by atoms with Crippen LogP contribution in [-0.2, 0) is 16.1 Å². The van der Waals surface area contributed by atoms with Crippen LogP contribution in [0.2, 0.25) is 10.0 Å². The highest BCUT2D eigenvalue weighted by atomic mass is 35.5. The Hall–Kier alpha value is -3.10. The molecule has 0 bridgehead atoms. The van der Waals surface area contributed by atoms with Gasteiger partial charge >= 0.3 is 0 Å². The number of hydrogen-bond acceptors (Lipinski definition) is 6. The third kappa shape index (κ3) is 5.38. The molecule has 3 rings (SSSR count). The lowest BCUT2D eigenvalue weighted by Crippen LogP contribution is -2.41. The molecule has 32 heavy (non-hydrogen) atoms. The first-order valence-electron chi connectivity index (χ1n) is 9.64. The number of halogens is 2. The fourth-order valence-electron chi connectivity index (χ4n) is 3.20. The second-order valence-corrected chi connectivity index (χ2v) is 7.76. The molecule has 3 N–H and O–H groups in total. The monoisotopic (exact) mass is 479 g/mol. The van der Waals surface area contributed by atoms with E-state index in [0.717, 1.165) is 5.56 Å². The molecule has 10 heteroatoms. The average molecular weight is 480 g/mol. The summed E-state index contributed by atoms with van der Waals surface area (Å²) < 4.78 is 15.9. The fourth-order valence-corrected chi connectivity index (χ4v) is 3.68. The predicted octanol–water partition coefficient (Wildman–Crippen LogP) is 3.52. The number of anilines is 1. The second-order valence-electron chi connectivity index (χ2n) is 6.91. The zero-order valence-electron chi connectivity index (χ0n) is 17.8. The number of ether oxygens (including phenoxy) is 3. The minimum Gasteiger partial charge on any atom is -0.493 e. The Kier molecular flexibility index (Phi) is 7.71. The van der Waals surface area contributed by atoms with Gasteiger partial charge in [0.15, 0.2) is 11.5 Å². The topological polar surface area (TPSA) is 97.9 Å². The van der Waals surface area contributed by atoms with Crippen LogP contribution in [0.3, 0.4) is 0 Å². The lowest BCUT2D eigenvalue weighted by molar-refractivity contribution is -0.125. The SMILES string of the molecule is COc1cc(N/C=C2/CC(C(=O)NCc3ccc(Cl)cc3Cl)NC2=O)cc(OC)c1OC. The van der Waals surface area contributed by atoms with Gasteiger partial charge in [-0.2, -0.15) is 0 Å². The van der Waals surface area contributed by atoms with Crippen molar-refractivity contribution in [2.24, 2.45) is 0 Å². The van der Waals surface area contributed by atoms with Crippen LogP contribution >= 0.6 is 23.2 Å². The highest BCUT2D eigenvalue weighted by Crippen LogP contribution is 2.40. The highest BCUT2D eigenvalue weighted by molar-refractivity contribution is 6.35. The van der Waals surface area contributed by atoms with Crippen LogP contribution < -0.4 is 30.2 Å². The maximum absolute atomic E-state index is 12.5. The summed E-state index contributed by atoms with van der Waals surface area (Å²) in [6, 6.07) is 7.79. The summed E-state index contributed by atoms with van der Waals surface area (Å²) in [7, 11) is 4.55. The summed E-state index contributed by atoms with van der Waals surface area (Å²) in [5, 5.41) is 9.49. The van der Waals surface area contributed by atoms with Gasteiger partial charge in [-0.3, -0.25) is 9.59 Å². The molecular weight excluding hydrogens is 457 g/mol. The van der Waals surface area contributed by atoms with Crippen molar-refractivity contribution in [2.75, 3.05) is 26.6 Å².